The zero-order chi connectivity index (χ0) is 21.3. The van der Waals surface area contributed by atoms with Gasteiger partial charge in [0.2, 0.25) is 5.91 Å². The fraction of sp³-hybridized carbons (Fsp3) is 0.304. The van der Waals surface area contributed by atoms with Crippen LogP contribution in [0.4, 0.5) is 15.9 Å². The maximum Gasteiger partial charge on any atom is 0.245 e. The predicted octanol–water partition coefficient (Wildman–Crippen LogP) is 4.15. The van der Waals surface area contributed by atoms with Crippen molar-refractivity contribution < 1.29 is 13.6 Å². The highest BCUT2D eigenvalue weighted by molar-refractivity contribution is 5.95. The number of nitriles is 1. The maximum atomic E-state index is 13.6. The molecular formula is C23H23FN4O2. The number of carbonyl (C=O) groups is 1. The molecule has 0 unspecified atom stereocenters. The molecule has 0 aliphatic carbocycles. The van der Waals surface area contributed by atoms with Crippen molar-refractivity contribution in [2.45, 2.75) is 33.2 Å². The highest BCUT2D eigenvalue weighted by Gasteiger charge is 2.23. The van der Waals surface area contributed by atoms with E-state index in [1.165, 1.54) is 12.1 Å². The van der Waals surface area contributed by atoms with E-state index in [1.807, 2.05) is 29.4 Å². The van der Waals surface area contributed by atoms with Gasteiger partial charge < -0.3 is 19.2 Å². The molecule has 4 rings (SSSR count). The summed E-state index contributed by atoms with van der Waals surface area (Å²) in [6, 6.07) is 10.6. The van der Waals surface area contributed by atoms with Crippen molar-refractivity contribution in [1.82, 2.24) is 4.57 Å². The zero-order valence-corrected chi connectivity index (χ0v) is 17.0. The van der Waals surface area contributed by atoms with E-state index in [0.29, 0.717) is 17.9 Å². The summed E-state index contributed by atoms with van der Waals surface area (Å²) in [6.45, 7) is 5.07. The van der Waals surface area contributed by atoms with Crippen LogP contribution in [0, 0.1) is 31.0 Å². The van der Waals surface area contributed by atoms with Crippen LogP contribution in [0.3, 0.4) is 0 Å². The second kappa shape index (κ2) is 8.07. The molecule has 2 aromatic heterocycles. The van der Waals surface area contributed by atoms with Crippen LogP contribution >= 0.6 is 0 Å². The molecule has 7 heteroatoms. The predicted molar refractivity (Wildman–Crippen MR) is 112 cm³/mol. The summed E-state index contributed by atoms with van der Waals surface area (Å²) in [5.74, 6) is 0.729. The van der Waals surface area contributed by atoms with Gasteiger partial charge in [-0.1, -0.05) is 0 Å². The minimum atomic E-state index is -0.264. The second-order valence-corrected chi connectivity index (χ2v) is 7.56. The molecule has 1 N–H and O–H groups in total. The van der Waals surface area contributed by atoms with Gasteiger partial charge in [-0.15, -0.1) is 0 Å². The van der Waals surface area contributed by atoms with Crippen LogP contribution in [0.1, 0.15) is 34.6 Å². The molecule has 154 valence electrons. The third kappa shape index (κ3) is 3.69. The molecule has 0 atom stereocenters. The lowest BCUT2D eigenvalue weighted by molar-refractivity contribution is -0.115. The number of carbonyl (C=O) groups excluding carboxylic acids is 1. The third-order valence-corrected chi connectivity index (χ3v) is 5.68. The average molecular weight is 406 g/mol. The number of aryl methyl sites for hydroxylation is 1. The second-order valence-electron chi connectivity index (χ2n) is 7.56. The number of furan rings is 1. The number of aromatic nitrogens is 1. The number of anilines is 2. The van der Waals surface area contributed by atoms with Gasteiger partial charge in [-0.25, -0.2) is 4.39 Å². The summed E-state index contributed by atoms with van der Waals surface area (Å²) in [5.41, 5.74) is 3.99. The van der Waals surface area contributed by atoms with Crippen LogP contribution in [0.5, 0.6) is 0 Å². The van der Waals surface area contributed by atoms with Gasteiger partial charge in [-0.2, -0.15) is 5.26 Å². The maximum absolute atomic E-state index is 13.6. The molecule has 0 spiro atoms. The smallest absolute Gasteiger partial charge is 0.245 e. The standard InChI is InChI=1S/C23H23FN4O2/c1-15-16(2)28(13-19-6-4-10-30-19)23(20(15)12-25)26-22(29)14-27-9-3-5-17-11-18(24)7-8-21(17)27/h4,6-8,10-11H,3,5,9,13-14H2,1-2H3,(H,26,29). The first kappa shape index (κ1) is 19.8. The van der Waals surface area contributed by atoms with Crippen molar-refractivity contribution in [2.75, 3.05) is 23.3 Å². The van der Waals surface area contributed by atoms with Crippen LogP contribution in [0.15, 0.2) is 41.0 Å². The van der Waals surface area contributed by atoms with Crippen LogP contribution in [0.2, 0.25) is 0 Å². The van der Waals surface area contributed by atoms with Crippen LogP contribution < -0.4 is 10.2 Å². The number of amides is 1. The van der Waals surface area contributed by atoms with E-state index in [0.717, 1.165) is 47.7 Å². The molecule has 3 aromatic rings. The van der Waals surface area contributed by atoms with E-state index in [9.17, 15) is 14.4 Å². The number of hydrogen-bond acceptors (Lipinski definition) is 4. The molecule has 0 fully saturated rings. The molecule has 1 aliphatic rings. The first-order valence-corrected chi connectivity index (χ1v) is 9.93. The Hall–Kier alpha value is -3.53. The minimum Gasteiger partial charge on any atom is -0.467 e. The minimum absolute atomic E-state index is 0.132. The summed E-state index contributed by atoms with van der Waals surface area (Å²) >= 11 is 0. The van der Waals surface area contributed by atoms with E-state index in [1.54, 1.807) is 18.4 Å². The third-order valence-electron chi connectivity index (χ3n) is 5.68. The molecule has 30 heavy (non-hydrogen) atoms. The van der Waals surface area contributed by atoms with E-state index in [2.05, 4.69) is 11.4 Å². The Balaban J connectivity index is 1.58. The van der Waals surface area contributed by atoms with Crippen molar-refractivity contribution in [2.24, 2.45) is 0 Å². The fourth-order valence-corrected chi connectivity index (χ4v) is 4.04. The number of nitrogens with one attached hydrogen (secondary N) is 1. The van der Waals surface area contributed by atoms with Gasteiger partial charge >= 0.3 is 0 Å². The largest absolute Gasteiger partial charge is 0.467 e. The fourth-order valence-electron chi connectivity index (χ4n) is 4.04. The lowest BCUT2D eigenvalue weighted by atomic mass is 10.0. The Morgan fingerprint density at radius 3 is 2.90 bits per heavy atom. The summed E-state index contributed by atoms with van der Waals surface area (Å²) in [4.78, 5) is 14.9. The number of rotatable bonds is 5. The molecule has 1 aromatic carbocycles. The Morgan fingerprint density at radius 1 is 1.33 bits per heavy atom. The topological polar surface area (TPSA) is 74.2 Å². The lowest BCUT2D eigenvalue weighted by Crippen LogP contribution is -2.37. The van der Waals surface area contributed by atoms with Crippen LogP contribution in [0.25, 0.3) is 0 Å². The van der Waals surface area contributed by atoms with Gasteiger partial charge in [0.15, 0.2) is 0 Å². The summed E-state index contributed by atoms with van der Waals surface area (Å²) < 4.78 is 20.9. The van der Waals surface area contributed by atoms with E-state index in [-0.39, 0.29) is 18.3 Å². The highest BCUT2D eigenvalue weighted by atomic mass is 19.1. The summed E-state index contributed by atoms with van der Waals surface area (Å²) in [5, 5.41) is 12.6. The SMILES string of the molecule is Cc1c(C#N)c(NC(=O)CN2CCCc3cc(F)ccc32)n(Cc2ccco2)c1C. The van der Waals surface area contributed by atoms with Crippen LogP contribution in [-0.4, -0.2) is 23.6 Å². The molecular weight excluding hydrogens is 383 g/mol. The van der Waals surface area contributed by atoms with Crippen LogP contribution in [-0.2, 0) is 17.8 Å². The van der Waals surface area contributed by atoms with Gasteiger partial charge in [-0.05, 0) is 68.1 Å². The van der Waals surface area contributed by atoms with Crippen molar-refractivity contribution in [3.8, 4) is 6.07 Å². The lowest BCUT2D eigenvalue weighted by Gasteiger charge is -2.30. The van der Waals surface area contributed by atoms with Crippen molar-refractivity contribution in [3.63, 3.8) is 0 Å². The molecule has 0 bridgehead atoms. The molecule has 3 heterocycles. The normalized spacial score (nSPS) is 13.1. The number of nitrogens with zero attached hydrogens (tertiary/aromatic N) is 3. The van der Waals surface area contributed by atoms with E-state index in [4.69, 9.17) is 4.42 Å². The molecule has 1 aliphatic heterocycles. The summed E-state index contributed by atoms with van der Waals surface area (Å²) in [6.07, 6.45) is 3.26. The van der Waals surface area contributed by atoms with Gasteiger partial charge in [0.05, 0.1) is 24.9 Å². The van der Waals surface area contributed by atoms with E-state index >= 15 is 0 Å². The highest BCUT2D eigenvalue weighted by Crippen LogP contribution is 2.29. The molecule has 1 amide bonds. The zero-order valence-electron chi connectivity index (χ0n) is 17.0. The molecule has 0 radical (unpaired) electrons. The first-order valence-electron chi connectivity index (χ1n) is 9.93. The van der Waals surface area contributed by atoms with Crippen molar-refractivity contribution in [3.05, 3.63) is 70.6 Å². The number of hydrogen-bond donors (Lipinski definition) is 1. The molecule has 0 saturated heterocycles. The van der Waals surface area contributed by atoms with Gasteiger partial charge in [0.25, 0.3) is 0 Å². The van der Waals surface area contributed by atoms with Gasteiger partial charge in [0, 0.05) is 17.9 Å². The molecule has 6 nitrogen and oxygen atoms in total. The van der Waals surface area contributed by atoms with E-state index < -0.39 is 0 Å². The quantitative estimate of drug-likeness (QED) is 0.691. The number of halogens is 1. The number of benzene rings is 1. The molecule has 0 saturated carbocycles. The number of fused-ring (bicyclic) bond motifs is 1. The monoisotopic (exact) mass is 406 g/mol. The first-order chi connectivity index (χ1) is 14.5. The van der Waals surface area contributed by atoms with Gasteiger partial charge in [-0.3, -0.25) is 4.79 Å². The summed E-state index contributed by atoms with van der Waals surface area (Å²) in [7, 11) is 0. The Morgan fingerprint density at radius 2 is 2.17 bits per heavy atom. The van der Waals surface area contributed by atoms with Crippen molar-refractivity contribution in [1.29, 1.82) is 5.26 Å². The van der Waals surface area contributed by atoms with Crippen molar-refractivity contribution >= 4 is 17.4 Å². The van der Waals surface area contributed by atoms with Gasteiger partial charge in [0.1, 0.15) is 23.5 Å². The Labute approximate surface area is 174 Å². The Kier molecular flexibility index (Phi) is 5.32. The average Bonchev–Trinajstić information content (AvgIpc) is 3.31. The Bertz CT molecular complexity index is 1130.